The smallest absolute Gasteiger partial charge is 0.308 e. The summed E-state index contributed by atoms with van der Waals surface area (Å²) in [5.74, 6) is 0.868. The first-order valence-electron chi connectivity index (χ1n) is 8.54. The molecule has 3 aromatic rings. The van der Waals surface area contributed by atoms with Gasteiger partial charge in [0, 0.05) is 6.92 Å². The molecule has 6 heteroatoms. The molecule has 0 aliphatic rings. The van der Waals surface area contributed by atoms with E-state index >= 15 is 0 Å². The van der Waals surface area contributed by atoms with Crippen LogP contribution in [0.25, 0.3) is 22.7 Å². The molecule has 0 amide bonds. The van der Waals surface area contributed by atoms with Crippen LogP contribution in [0.3, 0.4) is 0 Å². The van der Waals surface area contributed by atoms with Crippen molar-refractivity contribution in [1.29, 1.82) is 5.26 Å². The first-order valence-corrected chi connectivity index (χ1v) is 8.54. The lowest BCUT2D eigenvalue weighted by atomic mass is 10.1. The number of carbonyl (C=O) groups is 1. The maximum Gasteiger partial charge on any atom is 0.308 e. The van der Waals surface area contributed by atoms with Crippen LogP contribution in [0.5, 0.6) is 11.5 Å². The van der Waals surface area contributed by atoms with Crippen molar-refractivity contribution < 1.29 is 14.3 Å². The third kappa shape index (κ3) is 4.15. The summed E-state index contributed by atoms with van der Waals surface area (Å²) in [6, 6.07) is 13.2. The quantitative estimate of drug-likeness (QED) is 0.417. The number of nitriles is 1. The number of aryl methyl sites for hydroxylation is 1. The largest absolute Gasteiger partial charge is 0.490 e. The number of nitrogens with one attached hydrogen (secondary N) is 1. The summed E-state index contributed by atoms with van der Waals surface area (Å²) < 4.78 is 10.7. The van der Waals surface area contributed by atoms with E-state index < -0.39 is 5.97 Å². The number of carbonyl (C=O) groups excluding carboxylic acids is 1. The molecule has 0 saturated heterocycles. The highest BCUT2D eigenvalue weighted by atomic mass is 16.6. The monoisotopic (exact) mass is 361 g/mol. The van der Waals surface area contributed by atoms with E-state index in [-0.39, 0.29) is 0 Å². The summed E-state index contributed by atoms with van der Waals surface area (Å²) in [6.07, 6.45) is 1.71. The van der Waals surface area contributed by atoms with Gasteiger partial charge >= 0.3 is 5.97 Å². The number of H-pyrrole nitrogens is 1. The second-order valence-corrected chi connectivity index (χ2v) is 6.01. The van der Waals surface area contributed by atoms with Crippen LogP contribution in [0, 0.1) is 18.3 Å². The molecule has 1 N–H and O–H groups in total. The van der Waals surface area contributed by atoms with E-state index in [0.29, 0.717) is 29.5 Å². The molecule has 0 radical (unpaired) electrons. The van der Waals surface area contributed by atoms with Crippen LogP contribution < -0.4 is 9.47 Å². The Labute approximate surface area is 157 Å². The Morgan fingerprint density at radius 1 is 1.26 bits per heavy atom. The molecule has 6 nitrogen and oxygen atoms in total. The zero-order valence-corrected chi connectivity index (χ0v) is 15.4. The highest BCUT2D eigenvalue weighted by molar-refractivity contribution is 5.90. The molecule has 0 saturated carbocycles. The SMILES string of the molecule is CCOc1cc(/C=C(/C#N)c2nc3ccc(C)cc3[nH]2)ccc1OC(C)=O. The second-order valence-electron chi connectivity index (χ2n) is 6.01. The molecule has 0 fully saturated rings. The lowest BCUT2D eigenvalue weighted by molar-refractivity contribution is -0.132. The van der Waals surface area contributed by atoms with Crippen LogP contribution in [-0.2, 0) is 4.79 Å². The first kappa shape index (κ1) is 18.2. The zero-order valence-electron chi connectivity index (χ0n) is 15.4. The van der Waals surface area contributed by atoms with Crippen molar-refractivity contribution in [2.75, 3.05) is 6.61 Å². The van der Waals surface area contributed by atoms with Gasteiger partial charge in [-0.15, -0.1) is 0 Å². The minimum Gasteiger partial charge on any atom is -0.490 e. The van der Waals surface area contributed by atoms with Crippen LogP contribution in [-0.4, -0.2) is 22.5 Å². The Morgan fingerprint density at radius 3 is 2.78 bits per heavy atom. The highest BCUT2D eigenvalue weighted by Gasteiger charge is 2.11. The number of benzene rings is 2. The maximum atomic E-state index is 11.2. The summed E-state index contributed by atoms with van der Waals surface area (Å²) in [5, 5.41) is 9.59. The van der Waals surface area contributed by atoms with E-state index in [1.54, 1.807) is 24.3 Å². The lowest BCUT2D eigenvalue weighted by Crippen LogP contribution is -2.04. The van der Waals surface area contributed by atoms with Gasteiger partial charge in [0.25, 0.3) is 0 Å². The van der Waals surface area contributed by atoms with Gasteiger partial charge in [-0.05, 0) is 55.3 Å². The molecule has 3 rings (SSSR count). The van der Waals surface area contributed by atoms with Gasteiger partial charge in [0.15, 0.2) is 11.5 Å². The van der Waals surface area contributed by atoms with Crippen LogP contribution in [0.1, 0.15) is 30.8 Å². The number of allylic oxidation sites excluding steroid dienone is 1. The van der Waals surface area contributed by atoms with Gasteiger partial charge in [-0.2, -0.15) is 5.26 Å². The number of aromatic nitrogens is 2. The van der Waals surface area contributed by atoms with Crippen molar-refractivity contribution in [3.8, 4) is 17.6 Å². The van der Waals surface area contributed by atoms with Crippen LogP contribution >= 0.6 is 0 Å². The number of nitrogens with zero attached hydrogens (tertiary/aromatic N) is 2. The number of hydrogen-bond donors (Lipinski definition) is 1. The van der Waals surface area contributed by atoms with Crippen molar-refractivity contribution in [3.63, 3.8) is 0 Å². The zero-order chi connectivity index (χ0) is 19.4. The molecule has 0 atom stereocenters. The summed E-state index contributed by atoms with van der Waals surface area (Å²) in [6.45, 7) is 5.61. The number of hydrogen-bond acceptors (Lipinski definition) is 5. The number of imidazole rings is 1. The summed E-state index contributed by atoms with van der Waals surface area (Å²) in [7, 11) is 0. The maximum absolute atomic E-state index is 11.2. The number of esters is 1. The molecular weight excluding hydrogens is 342 g/mol. The highest BCUT2D eigenvalue weighted by Crippen LogP contribution is 2.30. The minimum atomic E-state index is -0.422. The number of ether oxygens (including phenoxy) is 2. The fourth-order valence-electron chi connectivity index (χ4n) is 2.69. The van der Waals surface area contributed by atoms with Gasteiger partial charge in [0.1, 0.15) is 11.9 Å². The average Bonchev–Trinajstić information content (AvgIpc) is 3.04. The Kier molecular flexibility index (Phi) is 5.23. The Balaban J connectivity index is 2.00. The van der Waals surface area contributed by atoms with Crippen molar-refractivity contribution in [1.82, 2.24) is 9.97 Å². The predicted octanol–water partition coefficient (Wildman–Crippen LogP) is 4.26. The molecule has 0 aliphatic carbocycles. The Hall–Kier alpha value is -3.59. The topological polar surface area (TPSA) is 88.0 Å². The Morgan fingerprint density at radius 2 is 2.07 bits per heavy atom. The predicted molar refractivity (Wildman–Crippen MR) is 103 cm³/mol. The number of fused-ring (bicyclic) bond motifs is 1. The summed E-state index contributed by atoms with van der Waals surface area (Å²) in [5.41, 5.74) is 3.93. The van der Waals surface area contributed by atoms with E-state index in [9.17, 15) is 10.1 Å². The molecule has 0 unspecified atom stereocenters. The first-order chi connectivity index (χ1) is 13.0. The lowest BCUT2D eigenvalue weighted by Gasteiger charge is -2.10. The fourth-order valence-corrected chi connectivity index (χ4v) is 2.69. The van der Waals surface area contributed by atoms with E-state index in [4.69, 9.17) is 9.47 Å². The minimum absolute atomic E-state index is 0.346. The number of aromatic amines is 1. The molecule has 136 valence electrons. The van der Waals surface area contributed by atoms with E-state index in [1.807, 2.05) is 32.0 Å². The van der Waals surface area contributed by atoms with Crippen molar-refractivity contribution in [3.05, 3.63) is 53.3 Å². The van der Waals surface area contributed by atoms with E-state index in [2.05, 4.69) is 16.0 Å². The van der Waals surface area contributed by atoms with Crippen molar-refractivity contribution in [2.45, 2.75) is 20.8 Å². The van der Waals surface area contributed by atoms with Gasteiger partial charge < -0.3 is 14.5 Å². The number of rotatable bonds is 5. The summed E-state index contributed by atoms with van der Waals surface area (Å²) in [4.78, 5) is 18.9. The summed E-state index contributed by atoms with van der Waals surface area (Å²) >= 11 is 0. The third-order valence-corrected chi connectivity index (χ3v) is 3.85. The molecule has 1 aromatic heterocycles. The van der Waals surface area contributed by atoms with Gasteiger partial charge in [0.05, 0.1) is 23.2 Å². The average molecular weight is 361 g/mol. The van der Waals surface area contributed by atoms with Gasteiger partial charge in [-0.25, -0.2) is 4.98 Å². The van der Waals surface area contributed by atoms with E-state index in [0.717, 1.165) is 22.2 Å². The molecular formula is C21H19N3O3. The molecule has 1 heterocycles. The van der Waals surface area contributed by atoms with Crippen LogP contribution in [0.4, 0.5) is 0 Å². The van der Waals surface area contributed by atoms with E-state index in [1.165, 1.54) is 6.92 Å². The Bertz CT molecular complexity index is 1070. The van der Waals surface area contributed by atoms with Crippen molar-refractivity contribution in [2.24, 2.45) is 0 Å². The van der Waals surface area contributed by atoms with Gasteiger partial charge in [-0.1, -0.05) is 12.1 Å². The normalized spacial score (nSPS) is 11.3. The molecule has 27 heavy (non-hydrogen) atoms. The molecule has 0 aliphatic heterocycles. The van der Waals surface area contributed by atoms with Gasteiger partial charge in [0.2, 0.25) is 0 Å². The van der Waals surface area contributed by atoms with Crippen LogP contribution in [0.15, 0.2) is 36.4 Å². The second kappa shape index (κ2) is 7.75. The molecule has 0 spiro atoms. The fraction of sp³-hybridized carbons (Fsp3) is 0.190. The molecule has 2 aromatic carbocycles. The third-order valence-electron chi connectivity index (χ3n) is 3.85. The van der Waals surface area contributed by atoms with Crippen molar-refractivity contribution >= 4 is 28.7 Å². The van der Waals surface area contributed by atoms with Crippen LogP contribution in [0.2, 0.25) is 0 Å². The molecule has 0 bridgehead atoms. The standard InChI is InChI=1S/C21H19N3O3/c1-4-26-20-11-15(6-8-19(20)27-14(3)25)10-16(12-22)21-23-17-7-5-13(2)9-18(17)24-21/h5-11H,4H2,1-3H3,(H,23,24)/b16-10-. The van der Waals surface area contributed by atoms with Gasteiger partial charge in [-0.3, -0.25) is 4.79 Å².